The van der Waals surface area contributed by atoms with E-state index in [4.69, 9.17) is 9.47 Å². The number of nitro groups is 1. The molecular weight excluding hydrogens is 340 g/mol. The Morgan fingerprint density at radius 2 is 1.85 bits per heavy atom. The van der Waals surface area contributed by atoms with Gasteiger partial charge in [0.25, 0.3) is 5.69 Å². The SMILES string of the molecule is C[C@H]1CCN(C(=O)OC(C)(C)C)C[C@@H]1OC(=O)c1ccc([N+](=O)[O-])cc1. The molecule has 8 heteroatoms. The van der Waals surface area contributed by atoms with Crippen LogP contribution in [0.25, 0.3) is 0 Å². The van der Waals surface area contributed by atoms with Crippen LogP contribution >= 0.6 is 0 Å². The average molecular weight is 364 g/mol. The van der Waals surface area contributed by atoms with Crippen molar-refractivity contribution in [2.24, 2.45) is 5.92 Å². The third kappa shape index (κ3) is 5.18. The molecule has 1 amide bonds. The van der Waals surface area contributed by atoms with Crippen molar-refractivity contribution in [1.82, 2.24) is 4.90 Å². The number of amides is 1. The summed E-state index contributed by atoms with van der Waals surface area (Å²) in [6.07, 6.45) is -0.197. The third-order valence-corrected chi connectivity index (χ3v) is 4.11. The van der Waals surface area contributed by atoms with Crippen LogP contribution in [0.5, 0.6) is 0 Å². The normalized spacial score (nSPS) is 20.4. The fourth-order valence-electron chi connectivity index (χ4n) is 2.60. The largest absolute Gasteiger partial charge is 0.457 e. The number of ether oxygens (including phenoxy) is 2. The van der Waals surface area contributed by atoms with Gasteiger partial charge < -0.3 is 14.4 Å². The first-order valence-electron chi connectivity index (χ1n) is 8.50. The van der Waals surface area contributed by atoms with Crippen LogP contribution in [0.3, 0.4) is 0 Å². The number of carbonyl (C=O) groups is 2. The molecule has 1 aromatic carbocycles. The zero-order valence-corrected chi connectivity index (χ0v) is 15.4. The number of carbonyl (C=O) groups excluding carboxylic acids is 2. The number of esters is 1. The van der Waals surface area contributed by atoms with Crippen LogP contribution in [0, 0.1) is 16.0 Å². The maximum atomic E-state index is 12.3. The molecule has 2 atom stereocenters. The summed E-state index contributed by atoms with van der Waals surface area (Å²) in [6, 6.07) is 5.24. The van der Waals surface area contributed by atoms with Crippen LogP contribution in [-0.4, -0.2) is 46.7 Å². The predicted octanol–water partition coefficient (Wildman–Crippen LogP) is 3.40. The summed E-state index contributed by atoms with van der Waals surface area (Å²) in [6.45, 7) is 8.15. The van der Waals surface area contributed by atoms with Crippen molar-refractivity contribution in [3.05, 3.63) is 39.9 Å². The van der Waals surface area contributed by atoms with Crippen molar-refractivity contribution < 1.29 is 24.0 Å². The molecule has 0 spiro atoms. The Labute approximate surface area is 152 Å². The Hall–Kier alpha value is -2.64. The number of rotatable bonds is 3. The molecule has 1 aromatic rings. The molecule has 2 rings (SSSR count). The number of hydrogen-bond acceptors (Lipinski definition) is 6. The van der Waals surface area contributed by atoms with E-state index in [1.807, 2.05) is 6.92 Å². The van der Waals surface area contributed by atoms with Crippen molar-refractivity contribution in [1.29, 1.82) is 0 Å². The molecule has 0 radical (unpaired) electrons. The molecule has 1 saturated heterocycles. The van der Waals surface area contributed by atoms with Gasteiger partial charge in [0.1, 0.15) is 11.7 Å². The fourth-order valence-corrected chi connectivity index (χ4v) is 2.60. The molecule has 0 N–H and O–H groups in total. The molecule has 0 aliphatic carbocycles. The summed E-state index contributed by atoms with van der Waals surface area (Å²) in [7, 11) is 0. The predicted molar refractivity (Wildman–Crippen MR) is 93.9 cm³/mol. The summed E-state index contributed by atoms with van der Waals surface area (Å²) >= 11 is 0. The monoisotopic (exact) mass is 364 g/mol. The second-order valence-electron chi connectivity index (χ2n) is 7.44. The molecule has 1 fully saturated rings. The highest BCUT2D eigenvalue weighted by Crippen LogP contribution is 2.23. The lowest BCUT2D eigenvalue weighted by molar-refractivity contribution is -0.384. The minimum absolute atomic E-state index is 0.0932. The van der Waals surface area contributed by atoms with Gasteiger partial charge in [-0.15, -0.1) is 0 Å². The molecule has 0 saturated carbocycles. The lowest BCUT2D eigenvalue weighted by atomic mass is 9.96. The minimum Gasteiger partial charge on any atom is -0.457 e. The zero-order chi connectivity index (χ0) is 19.5. The van der Waals surface area contributed by atoms with Crippen molar-refractivity contribution in [2.75, 3.05) is 13.1 Å². The van der Waals surface area contributed by atoms with Gasteiger partial charge in [0.2, 0.25) is 0 Å². The fraction of sp³-hybridized carbons (Fsp3) is 0.556. The van der Waals surface area contributed by atoms with Crippen molar-refractivity contribution in [3.63, 3.8) is 0 Å². The van der Waals surface area contributed by atoms with Crippen molar-refractivity contribution in [3.8, 4) is 0 Å². The zero-order valence-electron chi connectivity index (χ0n) is 15.4. The van der Waals surface area contributed by atoms with Crippen LogP contribution in [0.4, 0.5) is 10.5 Å². The molecule has 142 valence electrons. The first-order valence-corrected chi connectivity index (χ1v) is 8.50. The van der Waals surface area contributed by atoms with Gasteiger partial charge in [0.05, 0.1) is 17.0 Å². The van der Waals surface area contributed by atoms with E-state index >= 15 is 0 Å². The molecule has 1 aliphatic heterocycles. The van der Waals surface area contributed by atoms with Crippen LogP contribution < -0.4 is 0 Å². The second kappa shape index (κ2) is 7.72. The van der Waals surface area contributed by atoms with E-state index in [-0.39, 0.29) is 23.7 Å². The maximum Gasteiger partial charge on any atom is 0.410 e. The van der Waals surface area contributed by atoms with Gasteiger partial charge in [-0.3, -0.25) is 10.1 Å². The van der Waals surface area contributed by atoms with E-state index in [0.717, 1.165) is 0 Å². The van der Waals surface area contributed by atoms with Crippen molar-refractivity contribution in [2.45, 2.75) is 45.8 Å². The first kappa shape index (κ1) is 19.7. The van der Waals surface area contributed by atoms with E-state index in [1.54, 1.807) is 25.7 Å². The number of hydrogen-bond donors (Lipinski definition) is 0. The molecule has 0 bridgehead atoms. The number of nitro benzene ring substituents is 1. The van der Waals surface area contributed by atoms with Crippen LogP contribution in [-0.2, 0) is 9.47 Å². The Bertz CT molecular complexity index is 680. The van der Waals surface area contributed by atoms with Crippen molar-refractivity contribution >= 4 is 17.7 Å². The number of piperidine rings is 1. The third-order valence-electron chi connectivity index (χ3n) is 4.11. The molecule has 8 nitrogen and oxygen atoms in total. The second-order valence-corrected chi connectivity index (χ2v) is 7.44. The summed E-state index contributed by atoms with van der Waals surface area (Å²) < 4.78 is 10.9. The molecule has 26 heavy (non-hydrogen) atoms. The molecule has 1 aliphatic rings. The summed E-state index contributed by atoms with van der Waals surface area (Å²) in [4.78, 5) is 36.2. The lowest BCUT2D eigenvalue weighted by Crippen LogP contribution is -2.49. The topological polar surface area (TPSA) is 99.0 Å². The van der Waals surface area contributed by atoms with Crippen LogP contribution in [0.15, 0.2) is 24.3 Å². The number of non-ortho nitro benzene ring substituents is 1. The standard InChI is InChI=1S/C18H24N2O6/c1-12-9-10-19(17(22)26-18(2,3)4)11-15(12)25-16(21)13-5-7-14(8-6-13)20(23)24/h5-8,12,15H,9-11H2,1-4H3/t12-,15-/m0/s1. The number of benzene rings is 1. The highest BCUT2D eigenvalue weighted by molar-refractivity contribution is 5.89. The van der Waals surface area contributed by atoms with Gasteiger partial charge in [-0.05, 0) is 45.2 Å². The Morgan fingerprint density at radius 3 is 2.38 bits per heavy atom. The summed E-state index contributed by atoms with van der Waals surface area (Å²) in [5.41, 5.74) is -0.452. The number of likely N-dealkylation sites (tertiary alicyclic amines) is 1. The van der Waals surface area contributed by atoms with Gasteiger partial charge in [-0.1, -0.05) is 6.92 Å². The minimum atomic E-state index is -0.592. The van der Waals surface area contributed by atoms with E-state index in [9.17, 15) is 19.7 Å². The van der Waals surface area contributed by atoms with Gasteiger partial charge in [-0.25, -0.2) is 9.59 Å². The Kier molecular flexibility index (Phi) is 5.84. The summed E-state index contributed by atoms with van der Waals surface area (Å²) in [5.74, 6) is -0.474. The van der Waals surface area contributed by atoms with Crippen LogP contribution in [0.2, 0.25) is 0 Å². The van der Waals surface area contributed by atoms with E-state index in [2.05, 4.69) is 0 Å². The Balaban J connectivity index is 2.01. The van der Waals surface area contributed by atoms with Gasteiger partial charge >= 0.3 is 12.1 Å². The Morgan fingerprint density at radius 1 is 1.23 bits per heavy atom. The van der Waals surface area contributed by atoms with Gasteiger partial charge in [0.15, 0.2) is 0 Å². The molecule has 0 aromatic heterocycles. The highest BCUT2D eigenvalue weighted by atomic mass is 16.6. The molecule has 0 unspecified atom stereocenters. The molecular formula is C18H24N2O6. The molecule has 1 heterocycles. The lowest BCUT2D eigenvalue weighted by Gasteiger charge is -2.37. The van der Waals surface area contributed by atoms with E-state index < -0.39 is 28.7 Å². The summed E-state index contributed by atoms with van der Waals surface area (Å²) in [5, 5.41) is 10.7. The first-order chi connectivity index (χ1) is 12.1. The maximum absolute atomic E-state index is 12.3. The number of nitrogens with zero attached hydrogens (tertiary/aromatic N) is 2. The highest BCUT2D eigenvalue weighted by Gasteiger charge is 2.33. The van der Waals surface area contributed by atoms with Gasteiger partial charge in [-0.2, -0.15) is 0 Å². The quantitative estimate of drug-likeness (QED) is 0.463. The van der Waals surface area contributed by atoms with E-state index in [0.29, 0.717) is 13.0 Å². The van der Waals surface area contributed by atoms with Crippen LogP contribution in [0.1, 0.15) is 44.5 Å². The van der Waals surface area contributed by atoms with Gasteiger partial charge in [0, 0.05) is 18.7 Å². The van der Waals surface area contributed by atoms with E-state index in [1.165, 1.54) is 24.3 Å². The smallest absolute Gasteiger partial charge is 0.410 e. The average Bonchev–Trinajstić information content (AvgIpc) is 2.55.